The van der Waals surface area contributed by atoms with Crippen LogP contribution in [0.25, 0.3) is 11.4 Å². The van der Waals surface area contributed by atoms with Crippen LogP contribution in [0.2, 0.25) is 0 Å². The molecule has 1 aromatic carbocycles. The second-order valence-corrected chi connectivity index (χ2v) is 5.56. The maximum Gasteiger partial charge on any atom is 0.303 e. The summed E-state index contributed by atoms with van der Waals surface area (Å²) in [5.74, 6) is -0.532. The van der Waals surface area contributed by atoms with Crippen molar-refractivity contribution in [2.75, 3.05) is 31.2 Å². The fourth-order valence-corrected chi connectivity index (χ4v) is 2.57. The highest BCUT2D eigenvalue weighted by atomic mass is 19.1. The predicted molar refractivity (Wildman–Crippen MR) is 86.4 cm³/mol. The molecule has 1 saturated heterocycles. The molecule has 1 aliphatic rings. The van der Waals surface area contributed by atoms with Gasteiger partial charge in [0.2, 0.25) is 0 Å². The van der Waals surface area contributed by atoms with Gasteiger partial charge in [-0.05, 0) is 12.0 Å². The predicted octanol–water partition coefficient (Wildman–Crippen LogP) is 2.14. The second kappa shape index (κ2) is 7.35. The Bertz CT molecular complexity index is 716. The van der Waals surface area contributed by atoms with Gasteiger partial charge in [-0.1, -0.05) is 24.3 Å². The Morgan fingerprint density at radius 1 is 1.25 bits per heavy atom. The monoisotopic (exact) mass is 331 g/mol. The molecule has 0 radical (unpaired) electrons. The van der Waals surface area contributed by atoms with E-state index in [1.165, 1.54) is 6.20 Å². The van der Waals surface area contributed by atoms with Crippen LogP contribution in [-0.2, 0) is 16.0 Å². The minimum absolute atomic E-state index is 0.0908. The van der Waals surface area contributed by atoms with Crippen LogP contribution in [0, 0.1) is 5.82 Å². The van der Waals surface area contributed by atoms with Crippen molar-refractivity contribution >= 4 is 11.8 Å². The number of aryl methyl sites for hydroxylation is 1. The third-order valence-corrected chi connectivity index (χ3v) is 3.88. The number of carboxylic acids is 1. The molecule has 0 atom stereocenters. The number of ether oxygens (including phenoxy) is 1. The summed E-state index contributed by atoms with van der Waals surface area (Å²) in [6.07, 6.45) is 1.75. The average molecular weight is 331 g/mol. The molecule has 1 fully saturated rings. The van der Waals surface area contributed by atoms with Crippen molar-refractivity contribution in [1.82, 2.24) is 9.97 Å². The van der Waals surface area contributed by atoms with Gasteiger partial charge in [-0.15, -0.1) is 0 Å². The summed E-state index contributed by atoms with van der Waals surface area (Å²) < 4.78 is 19.3. The number of rotatable bonds is 5. The highest BCUT2D eigenvalue weighted by Crippen LogP contribution is 2.22. The van der Waals surface area contributed by atoms with Gasteiger partial charge in [-0.25, -0.2) is 14.4 Å². The lowest BCUT2D eigenvalue weighted by Gasteiger charge is -2.28. The third-order valence-electron chi connectivity index (χ3n) is 3.88. The molecule has 0 aliphatic carbocycles. The van der Waals surface area contributed by atoms with Crippen molar-refractivity contribution in [3.8, 4) is 11.4 Å². The van der Waals surface area contributed by atoms with E-state index in [4.69, 9.17) is 9.84 Å². The van der Waals surface area contributed by atoms with E-state index >= 15 is 0 Å². The summed E-state index contributed by atoms with van der Waals surface area (Å²) in [6, 6.07) is 7.35. The molecule has 0 unspecified atom stereocenters. The normalized spacial score (nSPS) is 14.6. The van der Waals surface area contributed by atoms with Crippen LogP contribution in [0.5, 0.6) is 0 Å². The average Bonchev–Trinajstić information content (AvgIpc) is 2.61. The number of aliphatic carboxylic acids is 1. The van der Waals surface area contributed by atoms with Crippen molar-refractivity contribution in [2.24, 2.45) is 0 Å². The SMILES string of the molecule is O=C(O)CCc1ccc(-c2ncc(F)c(N3CCOCC3)n2)cc1. The Kier molecular flexibility index (Phi) is 5.00. The first-order valence-corrected chi connectivity index (χ1v) is 7.80. The lowest BCUT2D eigenvalue weighted by molar-refractivity contribution is -0.136. The van der Waals surface area contributed by atoms with Crippen molar-refractivity contribution < 1.29 is 19.0 Å². The van der Waals surface area contributed by atoms with Crippen LogP contribution < -0.4 is 4.90 Å². The van der Waals surface area contributed by atoms with Crippen LogP contribution in [0.15, 0.2) is 30.5 Å². The van der Waals surface area contributed by atoms with Crippen LogP contribution >= 0.6 is 0 Å². The van der Waals surface area contributed by atoms with E-state index in [9.17, 15) is 9.18 Å². The number of hydrogen-bond acceptors (Lipinski definition) is 5. The number of hydrogen-bond donors (Lipinski definition) is 1. The second-order valence-electron chi connectivity index (χ2n) is 5.56. The van der Waals surface area contributed by atoms with Gasteiger partial charge in [-0.3, -0.25) is 4.79 Å². The Balaban J connectivity index is 1.80. The molecule has 7 heteroatoms. The van der Waals surface area contributed by atoms with E-state index < -0.39 is 11.8 Å². The maximum absolute atomic E-state index is 14.0. The van der Waals surface area contributed by atoms with Crippen LogP contribution in [-0.4, -0.2) is 47.3 Å². The molecule has 3 rings (SSSR count). The number of anilines is 1. The number of benzene rings is 1. The number of halogens is 1. The zero-order valence-corrected chi connectivity index (χ0v) is 13.1. The van der Waals surface area contributed by atoms with E-state index in [0.29, 0.717) is 44.4 Å². The zero-order chi connectivity index (χ0) is 16.9. The van der Waals surface area contributed by atoms with Crippen LogP contribution in [0.4, 0.5) is 10.2 Å². The lowest BCUT2D eigenvalue weighted by Crippen LogP contribution is -2.37. The third kappa shape index (κ3) is 3.86. The summed E-state index contributed by atoms with van der Waals surface area (Å²) in [7, 11) is 0. The van der Waals surface area contributed by atoms with Gasteiger partial charge < -0.3 is 14.7 Å². The van der Waals surface area contributed by atoms with Gasteiger partial charge in [0, 0.05) is 25.1 Å². The van der Waals surface area contributed by atoms with Crippen LogP contribution in [0.3, 0.4) is 0 Å². The van der Waals surface area contributed by atoms with Crippen molar-refractivity contribution in [3.63, 3.8) is 0 Å². The van der Waals surface area contributed by atoms with E-state index in [1.807, 2.05) is 29.2 Å². The van der Waals surface area contributed by atoms with E-state index in [0.717, 1.165) is 11.1 Å². The zero-order valence-electron chi connectivity index (χ0n) is 13.1. The first-order chi connectivity index (χ1) is 11.6. The van der Waals surface area contributed by atoms with Gasteiger partial charge in [0.25, 0.3) is 0 Å². The molecule has 126 valence electrons. The molecular weight excluding hydrogens is 313 g/mol. The molecular formula is C17H18FN3O3. The molecule has 0 saturated carbocycles. The first kappa shape index (κ1) is 16.3. The quantitative estimate of drug-likeness (QED) is 0.905. The van der Waals surface area contributed by atoms with Gasteiger partial charge in [0.1, 0.15) is 0 Å². The largest absolute Gasteiger partial charge is 0.481 e. The Labute approximate surface area is 138 Å². The molecule has 24 heavy (non-hydrogen) atoms. The lowest BCUT2D eigenvalue weighted by atomic mass is 10.1. The number of carbonyl (C=O) groups is 1. The van der Waals surface area contributed by atoms with Gasteiger partial charge >= 0.3 is 5.97 Å². The fraction of sp³-hybridized carbons (Fsp3) is 0.353. The van der Waals surface area contributed by atoms with Crippen molar-refractivity contribution in [3.05, 3.63) is 41.8 Å². The molecule has 1 aromatic heterocycles. The summed E-state index contributed by atoms with van der Waals surface area (Å²) >= 11 is 0. The molecule has 2 heterocycles. The van der Waals surface area contributed by atoms with E-state index in [1.54, 1.807) is 0 Å². The topological polar surface area (TPSA) is 75.5 Å². The Morgan fingerprint density at radius 2 is 1.96 bits per heavy atom. The molecule has 2 aromatic rings. The minimum Gasteiger partial charge on any atom is -0.481 e. The molecule has 1 aliphatic heterocycles. The summed E-state index contributed by atoms with van der Waals surface area (Å²) in [5, 5.41) is 8.72. The summed E-state index contributed by atoms with van der Waals surface area (Å²) in [4.78, 5) is 20.9. The standard InChI is InChI=1S/C17H18FN3O3/c18-14-11-19-16(20-17(14)21-7-9-24-10-8-21)13-4-1-12(2-5-13)3-6-15(22)23/h1-2,4-5,11H,3,6-10H2,(H,22,23). The molecule has 0 bridgehead atoms. The highest BCUT2D eigenvalue weighted by Gasteiger charge is 2.18. The van der Waals surface area contributed by atoms with Crippen molar-refractivity contribution in [2.45, 2.75) is 12.8 Å². The number of aromatic nitrogens is 2. The summed E-state index contributed by atoms with van der Waals surface area (Å²) in [5.41, 5.74) is 1.69. The van der Waals surface area contributed by atoms with Crippen LogP contribution in [0.1, 0.15) is 12.0 Å². The minimum atomic E-state index is -0.823. The number of carboxylic acid groups (broad SMARTS) is 1. The van der Waals surface area contributed by atoms with Gasteiger partial charge in [0.05, 0.1) is 19.4 Å². The smallest absolute Gasteiger partial charge is 0.303 e. The molecule has 1 N–H and O–H groups in total. The molecule has 0 amide bonds. The highest BCUT2D eigenvalue weighted by molar-refractivity contribution is 5.67. The summed E-state index contributed by atoms with van der Waals surface area (Å²) in [6.45, 7) is 2.30. The first-order valence-electron chi connectivity index (χ1n) is 7.80. The molecule has 0 spiro atoms. The van der Waals surface area contributed by atoms with Crippen molar-refractivity contribution in [1.29, 1.82) is 0 Å². The number of morpholine rings is 1. The number of nitrogens with zero attached hydrogens (tertiary/aromatic N) is 3. The van der Waals surface area contributed by atoms with Gasteiger partial charge in [0.15, 0.2) is 17.5 Å². The van der Waals surface area contributed by atoms with E-state index in [-0.39, 0.29) is 6.42 Å². The maximum atomic E-state index is 14.0. The Hall–Kier alpha value is -2.54. The van der Waals surface area contributed by atoms with E-state index in [2.05, 4.69) is 9.97 Å². The molecule has 6 nitrogen and oxygen atoms in total. The fourth-order valence-electron chi connectivity index (χ4n) is 2.57. The Morgan fingerprint density at radius 3 is 2.62 bits per heavy atom. The van der Waals surface area contributed by atoms with Gasteiger partial charge in [-0.2, -0.15) is 0 Å².